The minimum absolute atomic E-state index is 0.220. The van der Waals surface area contributed by atoms with Crippen LogP contribution in [-0.2, 0) is 56.5 Å². The van der Waals surface area contributed by atoms with Gasteiger partial charge >= 0.3 is 75.9 Å². The second-order valence-electron chi connectivity index (χ2n) is 1.08. The first-order valence-electron chi connectivity index (χ1n) is 2.18. The molecule has 0 aromatic heterocycles. The number of rotatable bonds is 1. The van der Waals surface area contributed by atoms with Crippen LogP contribution < -0.4 is 0 Å². The van der Waals surface area contributed by atoms with E-state index in [1.54, 1.807) is 9.75 Å². The van der Waals surface area contributed by atoms with Gasteiger partial charge in [-0.3, -0.25) is 0 Å². The van der Waals surface area contributed by atoms with Gasteiger partial charge in [-0.25, -0.2) is 0 Å². The third-order valence-electron chi connectivity index (χ3n) is 0.424. The van der Waals surface area contributed by atoms with Crippen LogP contribution in [-0.4, -0.2) is 6.15 Å². The van der Waals surface area contributed by atoms with Crippen molar-refractivity contribution >= 4 is 62.6 Å². The average Bonchev–Trinajstić information content (AvgIpc) is 1.82. The summed E-state index contributed by atoms with van der Waals surface area (Å²) in [4.78, 5) is 0. The molecule has 0 nitrogen and oxygen atoms in total. The molecule has 0 fully saturated rings. The first-order chi connectivity index (χ1) is 4.18. The summed E-state index contributed by atoms with van der Waals surface area (Å²) in [5, 5.41) is 0. The molecule has 7 heteroatoms. The van der Waals surface area contributed by atoms with Crippen LogP contribution in [0.5, 0.6) is 0 Å². The summed E-state index contributed by atoms with van der Waals surface area (Å²) >= 11 is 14.6. The maximum absolute atomic E-state index is 4.99. The maximum atomic E-state index is 4.99. The van der Waals surface area contributed by atoms with Crippen molar-refractivity contribution in [3.63, 3.8) is 0 Å². The molecule has 0 aliphatic heterocycles. The zero-order valence-electron chi connectivity index (χ0n) is 4.73. The van der Waals surface area contributed by atoms with Crippen LogP contribution >= 0.6 is 0 Å². The predicted octanol–water partition coefficient (Wildman–Crippen LogP) is 0.579. The fraction of sp³-hybridized carbons (Fsp3) is 1.00. The quantitative estimate of drug-likeness (QED) is 0.607. The van der Waals surface area contributed by atoms with E-state index < -0.39 is 6.57 Å². The van der Waals surface area contributed by atoms with Crippen LogP contribution in [0.3, 0.4) is 0 Å². The first kappa shape index (κ1) is 10.4. The Bertz CT molecular complexity index is 329. The van der Waals surface area contributed by atoms with Crippen molar-refractivity contribution in [3.8, 4) is 0 Å². The van der Waals surface area contributed by atoms with E-state index in [1.165, 1.54) is 0 Å². The fourth-order valence-electron chi connectivity index (χ4n) is 0.156. The molecule has 0 saturated carbocycles. The van der Waals surface area contributed by atoms with Gasteiger partial charge in [-0.05, 0) is 0 Å². The molecule has 52 valence electrons. The molecule has 0 atom stereocenters. The predicted molar refractivity (Wildman–Crippen MR) is 60.4 cm³/mol. The molecule has 0 saturated heterocycles. The molecule has 0 rings (SSSR count). The van der Waals surface area contributed by atoms with Crippen molar-refractivity contribution in [2.75, 3.05) is 0 Å². The van der Waals surface area contributed by atoms with E-state index in [4.69, 9.17) is 33.6 Å². The SMILES string of the molecule is CCB=S=S(=S)=S(=S)=S. The topological polar surface area (TPSA) is 0 Å². The van der Waals surface area contributed by atoms with Gasteiger partial charge in [-0.1, -0.05) is 0 Å². The minimum atomic E-state index is -0.421. The molecule has 0 aromatic rings. The van der Waals surface area contributed by atoms with Gasteiger partial charge in [0.2, 0.25) is 0 Å². The van der Waals surface area contributed by atoms with Gasteiger partial charge in [0.15, 0.2) is 0 Å². The van der Waals surface area contributed by atoms with E-state index in [0.717, 1.165) is 6.32 Å². The molecular weight excluding hydrogens is 227 g/mol. The summed E-state index contributed by atoms with van der Waals surface area (Å²) in [5.74, 6) is 0. The molecule has 0 bridgehead atoms. The second kappa shape index (κ2) is 6.12. The van der Waals surface area contributed by atoms with Crippen LogP contribution in [0, 0.1) is 0 Å². The van der Waals surface area contributed by atoms with Crippen LogP contribution in [0.2, 0.25) is 6.32 Å². The van der Waals surface area contributed by atoms with E-state index in [1.807, 2.05) is 0 Å². The third-order valence-corrected chi connectivity index (χ3v) is 12.2. The molecule has 0 spiro atoms. The van der Waals surface area contributed by atoms with Gasteiger partial charge in [0.1, 0.15) is 0 Å². The fourth-order valence-corrected chi connectivity index (χ4v) is 4.71. The Labute approximate surface area is 75.2 Å². The molecule has 0 aliphatic carbocycles. The Morgan fingerprint density at radius 3 is 2.33 bits per heavy atom. The van der Waals surface area contributed by atoms with Crippen molar-refractivity contribution in [1.29, 1.82) is 0 Å². The molecule has 9 heavy (non-hydrogen) atoms. The van der Waals surface area contributed by atoms with Gasteiger partial charge in [0.05, 0.1) is 0 Å². The van der Waals surface area contributed by atoms with Crippen LogP contribution in [0.1, 0.15) is 6.92 Å². The molecule has 0 N–H and O–H groups in total. The number of hydrogen-bond acceptors (Lipinski definition) is 3. The van der Waals surface area contributed by atoms with Crippen molar-refractivity contribution in [2.45, 2.75) is 13.2 Å². The van der Waals surface area contributed by atoms with Crippen molar-refractivity contribution < 1.29 is 0 Å². The first-order valence-corrected chi connectivity index (χ1v) is 9.32. The van der Waals surface area contributed by atoms with Crippen LogP contribution in [0.25, 0.3) is 0 Å². The zero-order chi connectivity index (χ0) is 7.28. The molecule has 0 amide bonds. The van der Waals surface area contributed by atoms with E-state index in [9.17, 15) is 0 Å². The summed E-state index contributed by atoms with van der Waals surface area (Å²) in [6.07, 6.45) is 3.10. The number of hydrogen-bond donors (Lipinski definition) is 0. The molecule has 0 heterocycles. The van der Waals surface area contributed by atoms with Gasteiger partial charge in [-0.15, -0.1) is 0 Å². The molecular formula is C2H5BS6. The van der Waals surface area contributed by atoms with Gasteiger partial charge < -0.3 is 0 Å². The Morgan fingerprint density at radius 2 is 2.00 bits per heavy atom. The molecule has 0 radical (unpaired) electrons. The Morgan fingerprint density at radius 1 is 1.44 bits per heavy atom. The normalized spacial score (nSPS) is 7.67. The summed E-state index contributed by atoms with van der Waals surface area (Å²) < 4.78 is 0. The van der Waals surface area contributed by atoms with Gasteiger partial charge in [-0.2, -0.15) is 0 Å². The Hall–Kier alpha value is 1.38. The summed E-state index contributed by atoms with van der Waals surface area (Å²) in [6, 6.07) is 0. The van der Waals surface area contributed by atoms with E-state index in [-0.39, 0.29) is 6.57 Å². The molecule has 0 aliphatic rings. The van der Waals surface area contributed by atoms with E-state index in [2.05, 4.69) is 13.1 Å². The average molecular weight is 232 g/mol. The second-order valence-corrected chi connectivity index (χ2v) is 12.8. The van der Waals surface area contributed by atoms with Gasteiger partial charge in [0, 0.05) is 0 Å². The van der Waals surface area contributed by atoms with Crippen molar-refractivity contribution in [2.24, 2.45) is 0 Å². The monoisotopic (exact) mass is 232 g/mol. The molecule has 0 aromatic carbocycles. The standard InChI is InChI=1S/C2H5BS6/c1-2-3-7-9(6)8(4)5/h2H2,1H3. The van der Waals surface area contributed by atoms with E-state index >= 15 is 0 Å². The summed E-state index contributed by atoms with van der Waals surface area (Å²) in [7, 11) is 1.61. The summed E-state index contributed by atoms with van der Waals surface area (Å²) in [5.41, 5.74) is 0. The van der Waals surface area contributed by atoms with E-state index in [0.29, 0.717) is 0 Å². The van der Waals surface area contributed by atoms with Crippen molar-refractivity contribution in [3.05, 3.63) is 0 Å². The van der Waals surface area contributed by atoms with Crippen LogP contribution in [0.15, 0.2) is 0 Å². The Kier molecular flexibility index (Phi) is 7.06. The third kappa shape index (κ3) is 5.81. The molecule has 0 unspecified atom stereocenters. The summed E-state index contributed by atoms with van der Waals surface area (Å²) in [6.45, 7) is 1.43. The van der Waals surface area contributed by atoms with Crippen molar-refractivity contribution in [1.82, 2.24) is 0 Å². The van der Waals surface area contributed by atoms with Crippen LogP contribution in [0.4, 0.5) is 0 Å². The van der Waals surface area contributed by atoms with Gasteiger partial charge in [0.25, 0.3) is 0 Å². The Balaban J connectivity index is 5.32. The zero-order valence-corrected chi connectivity index (χ0v) is 9.63.